The molecular formula is C17H24N2O4S. The molecule has 2 rings (SSSR count). The Hall–Kier alpha value is -1.89. The van der Waals surface area contributed by atoms with E-state index in [1.165, 1.54) is 18.4 Å². The SMILES string of the molecule is COC(=O)CCCN(C)C(=O)C1CCN(C(=O)c2cccs2)CC1. The average molecular weight is 352 g/mol. The second-order valence-corrected chi connectivity index (χ2v) is 6.93. The van der Waals surface area contributed by atoms with E-state index >= 15 is 0 Å². The lowest BCUT2D eigenvalue weighted by Gasteiger charge is -2.33. The Morgan fingerprint density at radius 1 is 1.33 bits per heavy atom. The quantitative estimate of drug-likeness (QED) is 0.735. The summed E-state index contributed by atoms with van der Waals surface area (Å²) in [6.45, 7) is 1.77. The molecule has 0 unspecified atom stereocenters. The molecule has 0 bridgehead atoms. The highest BCUT2D eigenvalue weighted by Gasteiger charge is 2.29. The van der Waals surface area contributed by atoms with E-state index in [2.05, 4.69) is 4.74 Å². The molecule has 7 heteroatoms. The number of carbonyl (C=O) groups is 3. The van der Waals surface area contributed by atoms with Gasteiger partial charge in [0, 0.05) is 39.0 Å². The van der Waals surface area contributed by atoms with Crippen molar-refractivity contribution in [1.29, 1.82) is 0 Å². The molecule has 0 saturated carbocycles. The molecule has 2 amide bonds. The van der Waals surface area contributed by atoms with Crippen LogP contribution in [0.2, 0.25) is 0 Å². The van der Waals surface area contributed by atoms with Crippen molar-refractivity contribution < 1.29 is 19.1 Å². The molecule has 0 radical (unpaired) electrons. The first-order valence-corrected chi connectivity index (χ1v) is 9.05. The lowest BCUT2D eigenvalue weighted by atomic mass is 9.95. The van der Waals surface area contributed by atoms with Gasteiger partial charge in [-0.05, 0) is 30.7 Å². The maximum Gasteiger partial charge on any atom is 0.305 e. The van der Waals surface area contributed by atoms with Crippen LogP contribution in [-0.2, 0) is 14.3 Å². The highest BCUT2D eigenvalue weighted by Crippen LogP contribution is 2.22. The fraction of sp³-hybridized carbons (Fsp3) is 0.588. The maximum absolute atomic E-state index is 12.5. The van der Waals surface area contributed by atoms with E-state index in [9.17, 15) is 14.4 Å². The summed E-state index contributed by atoms with van der Waals surface area (Å²) in [5, 5.41) is 1.90. The summed E-state index contributed by atoms with van der Waals surface area (Å²) in [6, 6.07) is 3.71. The number of esters is 1. The van der Waals surface area contributed by atoms with Crippen LogP contribution in [0, 0.1) is 5.92 Å². The number of piperidine rings is 1. The topological polar surface area (TPSA) is 66.9 Å². The molecule has 1 aromatic heterocycles. The van der Waals surface area contributed by atoms with Crippen molar-refractivity contribution in [3.05, 3.63) is 22.4 Å². The van der Waals surface area contributed by atoms with Gasteiger partial charge in [0.05, 0.1) is 12.0 Å². The first kappa shape index (κ1) is 18.4. The predicted octanol–water partition coefficient (Wildman–Crippen LogP) is 2.01. The van der Waals surface area contributed by atoms with Gasteiger partial charge in [-0.25, -0.2) is 0 Å². The summed E-state index contributed by atoms with van der Waals surface area (Å²) in [5.74, 6) is -0.137. The number of ether oxygens (including phenoxy) is 1. The van der Waals surface area contributed by atoms with Crippen LogP contribution < -0.4 is 0 Å². The van der Waals surface area contributed by atoms with E-state index in [4.69, 9.17) is 0 Å². The minimum atomic E-state index is -0.253. The van der Waals surface area contributed by atoms with E-state index in [1.54, 1.807) is 11.9 Å². The second kappa shape index (κ2) is 8.82. The number of hydrogen-bond acceptors (Lipinski definition) is 5. The standard InChI is InChI=1S/C17H24N2O4S/c1-18(9-3-6-15(20)23-2)16(21)13-7-10-19(11-8-13)17(22)14-5-4-12-24-14/h4-5,12-13H,3,6-11H2,1-2H3. The molecule has 0 spiro atoms. The normalized spacial score (nSPS) is 15.2. The summed E-state index contributed by atoms with van der Waals surface area (Å²) in [5.41, 5.74) is 0. The third-order valence-corrected chi connectivity index (χ3v) is 5.20. The van der Waals surface area contributed by atoms with Crippen LogP contribution in [0.3, 0.4) is 0 Å². The molecule has 1 aliphatic heterocycles. The molecular weight excluding hydrogens is 328 g/mol. The van der Waals surface area contributed by atoms with Gasteiger partial charge in [-0.15, -0.1) is 11.3 Å². The van der Waals surface area contributed by atoms with Crippen LogP contribution in [-0.4, -0.2) is 61.4 Å². The average Bonchev–Trinajstić information content (AvgIpc) is 3.14. The van der Waals surface area contributed by atoms with Crippen LogP contribution in [0.25, 0.3) is 0 Å². The second-order valence-electron chi connectivity index (χ2n) is 5.98. The lowest BCUT2D eigenvalue weighted by Crippen LogP contribution is -2.43. The summed E-state index contributed by atoms with van der Waals surface area (Å²) < 4.78 is 4.59. The molecule has 0 N–H and O–H groups in total. The summed E-state index contributed by atoms with van der Waals surface area (Å²) >= 11 is 1.45. The Balaban J connectivity index is 1.75. The molecule has 0 aliphatic carbocycles. The number of nitrogens with zero attached hydrogens (tertiary/aromatic N) is 2. The number of hydrogen-bond donors (Lipinski definition) is 0. The minimum Gasteiger partial charge on any atom is -0.469 e. The number of rotatable bonds is 6. The van der Waals surface area contributed by atoms with Gasteiger partial charge in [0.2, 0.25) is 5.91 Å². The molecule has 1 aliphatic rings. The smallest absolute Gasteiger partial charge is 0.305 e. The first-order chi connectivity index (χ1) is 11.5. The number of carbonyl (C=O) groups excluding carboxylic acids is 3. The summed E-state index contributed by atoms with van der Waals surface area (Å²) in [6.07, 6.45) is 2.31. The summed E-state index contributed by atoms with van der Waals surface area (Å²) in [7, 11) is 3.13. The number of thiophene rings is 1. The fourth-order valence-corrected chi connectivity index (χ4v) is 3.56. The van der Waals surface area contributed by atoms with E-state index in [0.717, 1.165) is 4.88 Å². The lowest BCUT2D eigenvalue weighted by molar-refractivity contribution is -0.141. The zero-order chi connectivity index (χ0) is 17.5. The Morgan fingerprint density at radius 3 is 2.62 bits per heavy atom. The molecule has 1 aromatic rings. The predicted molar refractivity (Wildman–Crippen MR) is 91.8 cm³/mol. The van der Waals surface area contributed by atoms with Crippen LogP contribution in [0.4, 0.5) is 0 Å². The van der Waals surface area contributed by atoms with Crippen molar-refractivity contribution in [2.24, 2.45) is 5.92 Å². The zero-order valence-corrected chi connectivity index (χ0v) is 15.0. The van der Waals surface area contributed by atoms with Crippen molar-refractivity contribution >= 4 is 29.1 Å². The molecule has 0 atom stereocenters. The van der Waals surface area contributed by atoms with Crippen LogP contribution >= 0.6 is 11.3 Å². The van der Waals surface area contributed by atoms with Crippen LogP contribution in [0.5, 0.6) is 0 Å². The van der Waals surface area contributed by atoms with Gasteiger partial charge in [-0.2, -0.15) is 0 Å². The van der Waals surface area contributed by atoms with Gasteiger partial charge in [0.15, 0.2) is 0 Å². The van der Waals surface area contributed by atoms with Crippen molar-refractivity contribution in [1.82, 2.24) is 9.80 Å². The maximum atomic E-state index is 12.5. The van der Waals surface area contributed by atoms with Gasteiger partial charge < -0.3 is 14.5 Å². The van der Waals surface area contributed by atoms with Gasteiger partial charge in [-0.1, -0.05) is 6.07 Å². The van der Waals surface area contributed by atoms with Gasteiger partial charge in [0.1, 0.15) is 0 Å². The van der Waals surface area contributed by atoms with Crippen molar-refractivity contribution in [3.63, 3.8) is 0 Å². The number of methoxy groups -OCH3 is 1. The largest absolute Gasteiger partial charge is 0.469 e. The third-order valence-electron chi connectivity index (χ3n) is 4.34. The zero-order valence-electron chi connectivity index (χ0n) is 14.2. The van der Waals surface area contributed by atoms with Crippen LogP contribution in [0.1, 0.15) is 35.4 Å². The van der Waals surface area contributed by atoms with E-state index in [0.29, 0.717) is 45.3 Å². The van der Waals surface area contributed by atoms with Gasteiger partial charge >= 0.3 is 5.97 Å². The van der Waals surface area contributed by atoms with E-state index < -0.39 is 0 Å². The monoisotopic (exact) mass is 352 g/mol. The fourth-order valence-electron chi connectivity index (χ4n) is 2.87. The molecule has 0 aromatic carbocycles. The highest BCUT2D eigenvalue weighted by molar-refractivity contribution is 7.12. The summed E-state index contributed by atoms with van der Waals surface area (Å²) in [4.78, 5) is 40.1. The molecule has 1 fully saturated rings. The van der Waals surface area contributed by atoms with Crippen molar-refractivity contribution in [2.45, 2.75) is 25.7 Å². The third kappa shape index (κ3) is 4.80. The van der Waals surface area contributed by atoms with E-state index in [-0.39, 0.29) is 23.7 Å². The van der Waals surface area contributed by atoms with Gasteiger partial charge in [0.25, 0.3) is 5.91 Å². The van der Waals surface area contributed by atoms with Crippen molar-refractivity contribution in [2.75, 3.05) is 33.8 Å². The van der Waals surface area contributed by atoms with Crippen molar-refractivity contribution in [3.8, 4) is 0 Å². The molecule has 6 nitrogen and oxygen atoms in total. The van der Waals surface area contributed by atoms with Gasteiger partial charge in [-0.3, -0.25) is 14.4 Å². The Bertz CT molecular complexity index is 565. The Labute approximate surface area is 146 Å². The number of likely N-dealkylation sites (tertiary alicyclic amines) is 1. The molecule has 132 valence electrons. The van der Waals surface area contributed by atoms with Crippen LogP contribution in [0.15, 0.2) is 17.5 Å². The highest BCUT2D eigenvalue weighted by atomic mass is 32.1. The van der Waals surface area contributed by atoms with E-state index in [1.807, 2.05) is 22.4 Å². The number of amides is 2. The minimum absolute atomic E-state index is 0.0412. The Morgan fingerprint density at radius 2 is 2.04 bits per heavy atom. The molecule has 24 heavy (non-hydrogen) atoms. The Kier molecular flexibility index (Phi) is 6.78. The molecule has 2 heterocycles. The molecule has 1 saturated heterocycles. The first-order valence-electron chi connectivity index (χ1n) is 8.17.